The van der Waals surface area contributed by atoms with Crippen LogP contribution >= 0.6 is 0 Å². The summed E-state index contributed by atoms with van der Waals surface area (Å²) in [6, 6.07) is 16.1. The van der Waals surface area contributed by atoms with Gasteiger partial charge in [-0.1, -0.05) is 48.0 Å². The fourth-order valence-corrected chi connectivity index (χ4v) is 3.42. The van der Waals surface area contributed by atoms with Crippen molar-refractivity contribution in [3.8, 4) is 12.3 Å². The van der Waals surface area contributed by atoms with E-state index < -0.39 is 15.9 Å². The highest BCUT2D eigenvalue weighted by Gasteiger charge is 2.19. The van der Waals surface area contributed by atoms with Crippen LogP contribution in [-0.2, 0) is 21.2 Å². The van der Waals surface area contributed by atoms with Crippen molar-refractivity contribution in [2.24, 2.45) is 5.92 Å². The highest BCUT2D eigenvalue weighted by Crippen LogP contribution is 2.14. The fourth-order valence-electron chi connectivity index (χ4n) is 2.42. The molecule has 0 saturated heterocycles. The molecule has 4 nitrogen and oxygen atoms in total. The first-order chi connectivity index (χ1) is 11.9. The van der Waals surface area contributed by atoms with Gasteiger partial charge in [-0.15, -0.1) is 12.3 Å². The number of carbonyl (C=O) groups is 1. The van der Waals surface area contributed by atoms with Crippen LogP contribution in [-0.4, -0.2) is 14.3 Å². The summed E-state index contributed by atoms with van der Waals surface area (Å²) in [6.07, 6.45) is 6.85. The highest BCUT2D eigenvalue weighted by molar-refractivity contribution is 7.90. The summed E-state index contributed by atoms with van der Waals surface area (Å²) < 4.78 is 26.5. The van der Waals surface area contributed by atoms with Crippen LogP contribution in [0.2, 0.25) is 0 Å². The first kappa shape index (κ1) is 18.8. The van der Waals surface area contributed by atoms with Gasteiger partial charge in [0.05, 0.1) is 4.90 Å². The lowest BCUT2D eigenvalue weighted by atomic mass is 9.97. The molecule has 1 atom stereocenters. The van der Waals surface area contributed by atoms with Crippen molar-refractivity contribution in [1.82, 2.24) is 4.72 Å². The molecule has 130 valence electrons. The molecule has 0 bridgehead atoms. The molecule has 0 fully saturated rings. The largest absolute Gasteiger partial charge is 0.274 e. The lowest BCUT2D eigenvalue weighted by Crippen LogP contribution is -2.31. The van der Waals surface area contributed by atoms with E-state index in [1.54, 1.807) is 12.1 Å². The lowest BCUT2D eigenvalue weighted by molar-refractivity contribution is -0.119. The number of aryl methyl sites for hydroxylation is 2. The Kier molecular flexibility index (Phi) is 6.37. The Hall–Kier alpha value is -2.58. The Morgan fingerprint density at radius 3 is 2.36 bits per heavy atom. The van der Waals surface area contributed by atoms with E-state index in [9.17, 15) is 13.2 Å². The second-order valence-electron chi connectivity index (χ2n) is 5.93. The number of rotatable bonds is 7. The summed E-state index contributed by atoms with van der Waals surface area (Å²) in [6.45, 7) is 1.86. The first-order valence-corrected chi connectivity index (χ1v) is 9.51. The molecule has 0 aliphatic carbocycles. The molecule has 1 amide bonds. The zero-order valence-corrected chi connectivity index (χ0v) is 14.9. The lowest BCUT2D eigenvalue weighted by Gasteiger charge is -2.12. The molecule has 0 aliphatic heterocycles. The van der Waals surface area contributed by atoms with Crippen LogP contribution in [0, 0.1) is 25.2 Å². The Morgan fingerprint density at radius 2 is 1.76 bits per heavy atom. The molecule has 0 aromatic heterocycles. The van der Waals surface area contributed by atoms with Crippen LogP contribution in [0.5, 0.6) is 0 Å². The Labute approximate surface area is 149 Å². The minimum Gasteiger partial charge on any atom is -0.274 e. The van der Waals surface area contributed by atoms with E-state index in [2.05, 4.69) is 10.6 Å². The van der Waals surface area contributed by atoms with Crippen molar-refractivity contribution in [2.45, 2.75) is 31.1 Å². The molecule has 2 aromatic rings. The van der Waals surface area contributed by atoms with E-state index in [1.807, 2.05) is 37.3 Å². The maximum atomic E-state index is 12.2. The van der Waals surface area contributed by atoms with Crippen molar-refractivity contribution < 1.29 is 13.2 Å². The number of sulfonamides is 1. The number of terminal acetylenes is 1. The third-order valence-corrected chi connectivity index (χ3v) is 5.26. The van der Waals surface area contributed by atoms with Crippen molar-refractivity contribution in [3.63, 3.8) is 0 Å². The third-order valence-electron chi connectivity index (χ3n) is 3.87. The first-order valence-electron chi connectivity index (χ1n) is 8.03. The van der Waals surface area contributed by atoms with Crippen molar-refractivity contribution in [3.05, 3.63) is 65.7 Å². The predicted molar refractivity (Wildman–Crippen MR) is 98.2 cm³/mol. The van der Waals surface area contributed by atoms with E-state index in [0.29, 0.717) is 6.42 Å². The second-order valence-corrected chi connectivity index (χ2v) is 7.62. The van der Waals surface area contributed by atoms with E-state index in [4.69, 9.17) is 6.42 Å². The van der Waals surface area contributed by atoms with Crippen molar-refractivity contribution in [2.75, 3.05) is 0 Å². The number of amides is 1. The summed E-state index contributed by atoms with van der Waals surface area (Å²) in [7, 11) is -3.87. The van der Waals surface area contributed by atoms with Crippen LogP contribution in [0.25, 0.3) is 0 Å². The summed E-state index contributed by atoms with van der Waals surface area (Å²) >= 11 is 0. The smallest absolute Gasteiger partial charge is 0.264 e. The zero-order chi connectivity index (χ0) is 18.3. The normalized spacial score (nSPS) is 12.2. The standard InChI is InChI=1S/C20H21NO3S/c1-3-17(11-12-18-7-5-4-6-8-18)15-20(22)21-25(23,24)19-13-9-16(2)10-14-19/h1,4-10,13-14,17H,11-12,15H2,2H3,(H,21,22). The molecule has 0 spiro atoms. The van der Waals surface area contributed by atoms with Gasteiger partial charge in [0.25, 0.3) is 10.0 Å². The van der Waals surface area contributed by atoms with Gasteiger partial charge < -0.3 is 0 Å². The number of benzene rings is 2. The molecule has 0 heterocycles. The van der Waals surface area contributed by atoms with Gasteiger partial charge >= 0.3 is 0 Å². The van der Waals surface area contributed by atoms with Gasteiger partial charge in [-0.05, 0) is 37.5 Å². The molecular formula is C20H21NO3S. The second kappa shape index (κ2) is 8.50. The monoisotopic (exact) mass is 355 g/mol. The molecule has 0 radical (unpaired) electrons. The SMILES string of the molecule is C#CC(CCc1ccccc1)CC(=O)NS(=O)(=O)c1ccc(C)cc1. The van der Waals surface area contributed by atoms with Gasteiger partial charge in [0.15, 0.2) is 0 Å². The summed E-state index contributed by atoms with van der Waals surface area (Å²) in [4.78, 5) is 12.2. The number of carbonyl (C=O) groups excluding carboxylic acids is 1. The predicted octanol–water partition coefficient (Wildman–Crippen LogP) is 3.07. The molecular weight excluding hydrogens is 334 g/mol. The topological polar surface area (TPSA) is 63.2 Å². The van der Waals surface area contributed by atoms with E-state index >= 15 is 0 Å². The van der Waals surface area contributed by atoms with Crippen LogP contribution < -0.4 is 4.72 Å². The molecule has 0 saturated carbocycles. The molecule has 25 heavy (non-hydrogen) atoms. The van der Waals surface area contributed by atoms with Gasteiger partial charge in [-0.25, -0.2) is 13.1 Å². The quantitative estimate of drug-likeness (QED) is 0.777. The molecule has 2 aromatic carbocycles. The van der Waals surface area contributed by atoms with E-state index in [0.717, 1.165) is 17.5 Å². The molecule has 2 rings (SSSR count). The van der Waals surface area contributed by atoms with Crippen LogP contribution in [0.15, 0.2) is 59.5 Å². The highest BCUT2D eigenvalue weighted by atomic mass is 32.2. The average molecular weight is 355 g/mol. The summed E-state index contributed by atoms with van der Waals surface area (Å²) in [5.74, 6) is 1.68. The van der Waals surface area contributed by atoms with Gasteiger partial charge in [0, 0.05) is 12.3 Å². The number of hydrogen-bond acceptors (Lipinski definition) is 3. The fraction of sp³-hybridized carbons (Fsp3) is 0.250. The number of nitrogens with one attached hydrogen (secondary N) is 1. The van der Waals surface area contributed by atoms with E-state index in [-0.39, 0.29) is 17.2 Å². The molecule has 1 N–H and O–H groups in total. The zero-order valence-electron chi connectivity index (χ0n) is 14.1. The Morgan fingerprint density at radius 1 is 1.12 bits per heavy atom. The number of hydrogen-bond donors (Lipinski definition) is 1. The van der Waals surface area contributed by atoms with E-state index in [1.165, 1.54) is 12.1 Å². The van der Waals surface area contributed by atoms with Crippen molar-refractivity contribution in [1.29, 1.82) is 0 Å². The maximum absolute atomic E-state index is 12.2. The molecule has 0 aliphatic rings. The van der Waals surface area contributed by atoms with Crippen LogP contribution in [0.4, 0.5) is 0 Å². The van der Waals surface area contributed by atoms with Crippen LogP contribution in [0.3, 0.4) is 0 Å². The Bertz CT molecular complexity index is 850. The van der Waals surface area contributed by atoms with Gasteiger partial charge in [-0.3, -0.25) is 4.79 Å². The Balaban J connectivity index is 1.93. The summed E-state index contributed by atoms with van der Waals surface area (Å²) in [5.41, 5.74) is 2.08. The van der Waals surface area contributed by atoms with Gasteiger partial charge in [0.2, 0.25) is 5.91 Å². The van der Waals surface area contributed by atoms with Crippen LogP contribution in [0.1, 0.15) is 24.0 Å². The average Bonchev–Trinajstić information content (AvgIpc) is 2.59. The summed E-state index contributed by atoms with van der Waals surface area (Å²) in [5, 5.41) is 0. The van der Waals surface area contributed by atoms with Crippen molar-refractivity contribution >= 4 is 15.9 Å². The minimum atomic E-state index is -3.87. The minimum absolute atomic E-state index is 0.0194. The molecule has 5 heteroatoms. The van der Waals surface area contributed by atoms with Gasteiger partial charge in [0.1, 0.15) is 0 Å². The maximum Gasteiger partial charge on any atom is 0.264 e. The third kappa shape index (κ3) is 5.77. The van der Waals surface area contributed by atoms with Gasteiger partial charge in [-0.2, -0.15) is 0 Å². The molecule has 1 unspecified atom stereocenters.